The highest BCUT2D eigenvalue weighted by atomic mass is 32.1. The molecule has 184 valence electrons. The van der Waals surface area contributed by atoms with E-state index in [-0.39, 0.29) is 5.69 Å². The lowest BCUT2D eigenvalue weighted by Gasteiger charge is -2.11. The van der Waals surface area contributed by atoms with Crippen LogP contribution in [-0.4, -0.2) is 26.2 Å². The number of hydrogen-bond donors (Lipinski definition) is 1. The second kappa shape index (κ2) is 8.52. The third kappa shape index (κ3) is 3.91. The first-order chi connectivity index (χ1) is 17.1. The molecule has 5 rings (SSSR count). The third-order valence-corrected chi connectivity index (χ3v) is 7.13. The molecule has 3 heterocycles. The highest BCUT2D eigenvalue weighted by molar-refractivity contribution is 7.22. The van der Waals surface area contributed by atoms with Gasteiger partial charge >= 0.3 is 11.9 Å². The molecule has 1 N–H and O–H groups in total. The molecule has 2 aromatic carbocycles. The van der Waals surface area contributed by atoms with Gasteiger partial charge in [-0.1, -0.05) is 6.07 Å². The van der Waals surface area contributed by atoms with Crippen LogP contribution in [0.25, 0.3) is 32.0 Å². The molecule has 7 nitrogen and oxygen atoms in total. The van der Waals surface area contributed by atoms with Gasteiger partial charge in [-0.25, -0.2) is 14.3 Å². The van der Waals surface area contributed by atoms with Gasteiger partial charge in [-0.15, -0.1) is 11.3 Å². The van der Waals surface area contributed by atoms with Crippen molar-refractivity contribution >= 4 is 21.6 Å². The van der Waals surface area contributed by atoms with Crippen LogP contribution < -0.4 is 16.0 Å². The Hall–Kier alpha value is -4.12. The summed E-state index contributed by atoms with van der Waals surface area (Å²) in [6.07, 6.45) is -0.964. The van der Waals surface area contributed by atoms with Gasteiger partial charge in [-0.05, 0) is 61.4 Å². The Morgan fingerprint density at radius 1 is 1.06 bits per heavy atom. The maximum Gasteiger partial charge on any atom is 0.416 e. The van der Waals surface area contributed by atoms with E-state index in [1.807, 2.05) is 35.9 Å². The minimum absolute atomic E-state index is 0.0462. The Kier molecular flexibility index (Phi) is 5.59. The fourth-order valence-corrected chi connectivity index (χ4v) is 5.30. The van der Waals surface area contributed by atoms with Crippen LogP contribution in [0.3, 0.4) is 0 Å². The number of aromatic nitrogens is 4. The van der Waals surface area contributed by atoms with E-state index in [9.17, 15) is 22.8 Å². The van der Waals surface area contributed by atoms with Crippen LogP contribution in [0.4, 0.5) is 13.2 Å². The van der Waals surface area contributed by atoms with E-state index in [4.69, 9.17) is 4.74 Å². The second-order valence-corrected chi connectivity index (χ2v) is 9.21. The van der Waals surface area contributed by atoms with Crippen LogP contribution in [0.15, 0.2) is 64.6 Å². The molecule has 0 atom stereocenters. The van der Waals surface area contributed by atoms with Gasteiger partial charge in [0.1, 0.15) is 10.6 Å². The summed E-state index contributed by atoms with van der Waals surface area (Å²) < 4.78 is 47.1. The monoisotopic (exact) mass is 512 g/mol. The number of aryl methyl sites for hydroxylation is 2. The molecule has 0 saturated carbocycles. The Morgan fingerprint density at radius 3 is 2.39 bits per heavy atom. The van der Waals surface area contributed by atoms with Crippen molar-refractivity contribution in [2.24, 2.45) is 0 Å². The molecule has 0 saturated heterocycles. The Balaban J connectivity index is 1.63. The van der Waals surface area contributed by atoms with Crippen LogP contribution in [0.1, 0.15) is 16.8 Å². The maximum atomic E-state index is 13.4. The number of halogens is 3. The Morgan fingerprint density at radius 2 is 1.78 bits per heavy atom. The lowest BCUT2D eigenvalue weighted by Crippen LogP contribution is -2.33. The average Bonchev–Trinajstić information content (AvgIpc) is 3.41. The van der Waals surface area contributed by atoms with Gasteiger partial charge in [0, 0.05) is 11.1 Å². The van der Waals surface area contributed by atoms with E-state index in [0.29, 0.717) is 21.5 Å². The van der Waals surface area contributed by atoms with Crippen molar-refractivity contribution < 1.29 is 17.9 Å². The van der Waals surface area contributed by atoms with Crippen molar-refractivity contribution in [3.63, 3.8) is 0 Å². The minimum Gasteiger partial charge on any atom is -0.495 e. The summed E-state index contributed by atoms with van der Waals surface area (Å²) in [5, 5.41) is 0.294. The molecule has 0 bridgehead atoms. The molecule has 0 aliphatic heterocycles. The Bertz CT molecular complexity index is 1730. The zero-order valence-electron chi connectivity index (χ0n) is 19.3. The quantitative estimate of drug-likeness (QED) is 0.357. The van der Waals surface area contributed by atoms with Gasteiger partial charge in [0.2, 0.25) is 0 Å². The predicted octanol–water partition coefficient (Wildman–Crippen LogP) is 5.24. The van der Waals surface area contributed by atoms with E-state index in [0.717, 1.165) is 50.7 Å². The lowest BCUT2D eigenvalue weighted by molar-refractivity contribution is -0.137. The van der Waals surface area contributed by atoms with Crippen LogP contribution in [0, 0.1) is 13.8 Å². The number of hydrogen-bond acceptors (Lipinski definition) is 5. The first-order valence-corrected chi connectivity index (χ1v) is 11.6. The number of aromatic amines is 1. The number of ether oxygens (including phenoxy) is 1. The lowest BCUT2D eigenvalue weighted by atomic mass is 10.1. The largest absolute Gasteiger partial charge is 0.495 e. The number of benzene rings is 2. The first kappa shape index (κ1) is 23.6. The van der Waals surface area contributed by atoms with Gasteiger partial charge in [0.15, 0.2) is 0 Å². The number of thiophene rings is 1. The third-order valence-electron chi connectivity index (χ3n) is 5.87. The van der Waals surface area contributed by atoms with Gasteiger partial charge in [0.25, 0.3) is 5.56 Å². The van der Waals surface area contributed by atoms with Crippen LogP contribution >= 0.6 is 11.3 Å². The zero-order chi connectivity index (χ0) is 25.8. The predicted molar refractivity (Wildman–Crippen MR) is 132 cm³/mol. The summed E-state index contributed by atoms with van der Waals surface area (Å²) >= 11 is 1.25. The summed E-state index contributed by atoms with van der Waals surface area (Å²) in [5.41, 5.74) is 0.916. The molecular formula is C25H19F3N4O3S. The smallest absolute Gasteiger partial charge is 0.416 e. The number of fused-ring (bicyclic) bond motifs is 1. The molecule has 0 radical (unpaired) electrons. The zero-order valence-corrected chi connectivity index (χ0v) is 20.1. The summed E-state index contributed by atoms with van der Waals surface area (Å²) in [7, 11) is 1.56. The molecule has 0 aliphatic carbocycles. The number of nitrogens with zero attached hydrogens (tertiary/aromatic N) is 3. The minimum atomic E-state index is -4.52. The van der Waals surface area contributed by atoms with Crippen molar-refractivity contribution in [2.75, 3.05) is 7.11 Å². The molecule has 0 aliphatic rings. The van der Waals surface area contributed by atoms with Crippen LogP contribution in [-0.2, 0) is 6.18 Å². The summed E-state index contributed by atoms with van der Waals surface area (Å²) in [6.45, 7) is 3.65. The van der Waals surface area contributed by atoms with E-state index in [1.165, 1.54) is 11.3 Å². The van der Waals surface area contributed by atoms with Gasteiger partial charge in [-0.2, -0.15) is 13.2 Å². The number of imidazole rings is 1. The van der Waals surface area contributed by atoms with Crippen LogP contribution in [0.2, 0.25) is 0 Å². The highest BCUT2D eigenvalue weighted by Crippen LogP contribution is 2.38. The number of H-pyrrole nitrogens is 1. The number of alkyl halides is 3. The SMILES string of the molecule is COc1cc(-c2sc3[nH]c(=O)n(-c4ccc(C(F)(F)F)cc4)c(=O)c3c2C)ccc1-n1cnc(C)c1. The maximum absolute atomic E-state index is 13.4. The molecular weight excluding hydrogens is 493 g/mol. The van der Waals surface area contributed by atoms with Gasteiger partial charge in [-0.3, -0.25) is 9.78 Å². The molecule has 0 spiro atoms. The van der Waals surface area contributed by atoms with E-state index < -0.39 is 23.0 Å². The number of methoxy groups -OCH3 is 1. The molecule has 5 aromatic rings. The molecule has 0 fully saturated rings. The second-order valence-electron chi connectivity index (χ2n) is 8.18. The number of nitrogens with one attached hydrogen (secondary N) is 1. The first-order valence-electron chi connectivity index (χ1n) is 10.7. The molecule has 0 unspecified atom stereocenters. The van der Waals surface area contributed by atoms with Crippen molar-refractivity contribution in [3.8, 4) is 27.6 Å². The number of rotatable bonds is 4. The molecule has 36 heavy (non-hydrogen) atoms. The van der Waals surface area contributed by atoms with E-state index in [2.05, 4.69) is 9.97 Å². The van der Waals surface area contributed by atoms with Crippen molar-refractivity contribution in [1.82, 2.24) is 19.1 Å². The summed E-state index contributed by atoms with van der Waals surface area (Å²) in [6, 6.07) is 9.50. The van der Waals surface area contributed by atoms with Crippen molar-refractivity contribution in [1.29, 1.82) is 0 Å². The standard InChI is InChI=1S/C25H19F3N4O3S/c1-13-11-31(12-29-13)18-9-4-15(10-19(18)35-3)21-14(2)20-22(36-21)30-24(34)32(23(20)33)17-7-5-16(6-8-17)25(26,27)28/h4-12H,1-3H3,(H,30,34). The van der Waals surface area contributed by atoms with Gasteiger partial charge < -0.3 is 9.30 Å². The van der Waals surface area contributed by atoms with Crippen molar-refractivity contribution in [2.45, 2.75) is 20.0 Å². The summed E-state index contributed by atoms with van der Waals surface area (Å²) in [5.74, 6) is 0.595. The van der Waals surface area contributed by atoms with E-state index >= 15 is 0 Å². The highest BCUT2D eigenvalue weighted by Gasteiger charge is 2.30. The molecule has 3 aromatic heterocycles. The summed E-state index contributed by atoms with van der Waals surface area (Å²) in [4.78, 5) is 34.2. The fourth-order valence-electron chi connectivity index (χ4n) is 4.11. The normalized spacial score (nSPS) is 11.8. The average molecular weight is 513 g/mol. The van der Waals surface area contributed by atoms with Gasteiger partial charge in [0.05, 0.1) is 41.5 Å². The van der Waals surface area contributed by atoms with Crippen molar-refractivity contribution in [3.05, 3.63) is 92.6 Å². The molecule has 0 amide bonds. The fraction of sp³-hybridized carbons (Fsp3) is 0.160. The van der Waals surface area contributed by atoms with Crippen LogP contribution in [0.5, 0.6) is 5.75 Å². The van der Waals surface area contributed by atoms with E-state index in [1.54, 1.807) is 20.4 Å². The molecule has 11 heteroatoms. The Labute approximate surface area is 206 Å². The topological polar surface area (TPSA) is 81.9 Å².